The predicted molar refractivity (Wildman–Crippen MR) is 149 cm³/mol. The Hall–Kier alpha value is -3.85. The summed E-state index contributed by atoms with van der Waals surface area (Å²) in [4.78, 5) is 27.1. The van der Waals surface area contributed by atoms with E-state index in [4.69, 9.17) is 9.47 Å². The summed E-state index contributed by atoms with van der Waals surface area (Å²) in [5.41, 5.74) is 6.69. The number of hydrogen-bond acceptors (Lipinski definition) is 6. The number of rotatable bonds is 9. The zero-order valence-corrected chi connectivity index (χ0v) is 22.4. The Kier molecular flexibility index (Phi) is 8.79. The molecule has 1 fully saturated rings. The third kappa shape index (κ3) is 7.10. The number of carbonyl (C=O) groups excluding carboxylic acids is 2. The maximum atomic E-state index is 12.5. The van der Waals surface area contributed by atoms with Gasteiger partial charge < -0.3 is 19.7 Å². The Morgan fingerprint density at radius 3 is 2.43 bits per heavy atom. The molecule has 0 aromatic heterocycles. The lowest BCUT2D eigenvalue weighted by atomic mass is 10.2. The van der Waals surface area contributed by atoms with Crippen molar-refractivity contribution in [3.63, 3.8) is 0 Å². The Labute approximate surface area is 224 Å². The highest BCUT2D eigenvalue weighted by molar-refractivity contribution is 9.10. The zero-order chi connectivity index (χ0) is 26.2. The van der Waals surface area contributed by atoms with Gasteiger partial charge in [0.1, 0.15) is 0 Å². The van der Waals surface area contributed by atoms with Crippen LogP contribution in [0, 0.1) is 6.92 Å². The second-order valence-electron chi connectivity index (χ2n) is 8.68. The molecular weight excluding hydrogens is 536 g/mol. The van der Waals surface area contributed by atoms with Gasteiger partial charge in [0.2, 0.25) is 0 Å². The van der Waals surface area contributed by atoms with Crippen LogP contribution in [0.25, 0.3) is 0 Å². The highest BCUT2D eigenvalue weighted by Crippen LogP contribution is 2.36. The van der Waals surface area contributed by atoms with Crippen molar-refractivity contribution >= 4 is 45.3 Å². The number of aryl methyl sites for hydroxylation is 1. The fourth-order valence-electron chi connectivity index (χ4n) is 3.96. The summed E-state index contributed by atoms with van der Waals surface area (Å²) < 4.78 is 11.7. The van der Waals surface area contributed by atoms with E-state index in [-0.39, 0.29) is 18.4 Å². The molecule has 0 atom stereocenters. The largest absolute Gasteiger partial charge is 0.493 e. The highest BCUT2D eigenvalue weighted by atomic mass is 79.9. The minimum Gasteiger partial charge on any atom is -0.493 e. The second kappa shape index (κ2) is 12.4. The molecule has 1 saturated heterocycles. The van der Waals surface area contributed by atoms with Crippen LogP contribution in [0.3, 0.4) is 0 Å². The van der Waals surface area contributed by atoms with E-state index in [1.807, 2.05) is 43.3 Å². The molecule has 0 aliphatic carbocycles. The molecule has 0 radical (unpaired) electrons. The minimum atomic E-state index is -0.296. The second-order valence-corrected chi connectivity index (χ2v) is 9.53. The number of hydrazone groups is 1. The topological polar surface area (TPSA) is 92.3 Å². The first-order valence-electron chi connectivity index (χ1n) is 12.0. The predicted octanol–water partition coefficient (Wildman–Crippen LogP) is 5.15. The summed E-state index contributed by atoms with van der Waals surface area (Å²) in [5, 5.41) is 6.87. The molecule has 1 aliphatic heterocycles. The number of halogens is 1. The first-order valence-corrected chi connectivity index (χ1v) is 12.8. The molecule has 0 unspecified atom stereocenters. The smallest absolute Gasteiger partial charge is 0.271 e. The van der Waals surface area contributed by atoms with Crippen LogP contribution in [-0.2, 0) is 4.79 Å². The summed E-state index contributed by atoms with van der Waals surface area (Å²) in [6.07, 6.45) is 3.92. The highest BCUT2D eigenvalue weighted by Gasteiger charge is 2.15. The minimum absolute atomic E-state index is 0.192. The van der Waals surface area contributed by atoms with Gasteiger partial charge in [0.25, 0.3) is 11.8 Å². The Morgan fingerprint density at radius 1 is 1.05 bits per heavy atom. The lowest BCUT2D eigenvalue weighted by Gasteiger charge is -2.17. The first-order chi connectivity index (χ1) is 17.9. The van der Waals surface area contributed by atoms with Crippen LogP contribution in [0.15, 0.2) is 70.2 Å². The first kappa shape index (κ1) is 26.2. The SMILES string of the molecule is COc1cc(/C=N\NC(=O)c2ccc(N3CCCC3)cc2)cc(Br)c1OCC(=O)Nc1ccc(C)cc1. The van der Waals surface area contributed by atoms with Crippen molar-refractivity contribution in [2.75, 3.05) is 37.0 Å². The van der Waals surface area contributed by atoms with Crippen LogP contribution in [0.1, 0.15) is 34.3 Å². The van der Waals surface area contributed by atoms with Crippen LogP contribution in [0.2, 0.25) is 0 Å². The number of nitrogens with zero attached hydrogens (tertiary/aromatic N) is 2. The summed E-state index contributed by atoms with van der Waals surface area (Å²) >= 11 is 3.47. The summed E-state index contributed by atoms with van der Waals surface area (Å²) in [7, 11) is 1.51. The molecule has 0 spiro atoms. The van der Waals surface area contributed by atoms with E-state index in [1.165, 1.54) is 26.2 Å². The molecule has 1 heterocycles. The molecule has 3 aromatic rings. The van der Waals surface area contributed by atoms with E-state index in [1.54, 1.807) is 24.3 Å². The maximum Gasteiger partial charge on any atom is 0.271 e. The fourth-order valence-corrected chi connectivity index (χ4v) is 4.53. The van der Waals surface area contributed by atoms with Gasteiger partial charge in [0, 0.05) is 30.0 Å². The van der Waals surface area contributed by atoms with Crippen molar-refractivity contribution in [1.29, 1.82) is 0 Å². The summed E-state index contributed by atoms with van der Waals surface area (Å²) in [6.45, 7) is 3.90. The molecule has 2 N–H and O–H groups in total. The molecule has 4 rings (SSSR count). The number of carbonyl (C=O) groups is 2. The third-order valence-corrected chi connectivity index (χ3v) is 6.50. The van der Waals surface area contributed by atoms with Crippen molar-refractivity contribution in [2.45, 2.75) is 19.8 Å². The van der Waals surface area contributed by atoms with E-state index in [2.05, 4.69) is 36.7 Å². The molecule has 2 amide bonds. The van der Waals surface area contributed by atoms with Crippen LogP contribution in [-0.4, -0.2) is 44.8 Å². The molecule has 0 bridgehead atoms. The van der Waals surface area contributed by atoms with Crippen molar-refractivity contribution in [3.05, 3.63) is 81.8 Å². The van der Waals surface area contributed by atoms with Gasteiger partial charge in [0.05, 0.1) is 17.8 Å². The lowest BCUT2D eigenvalue weighted by Crippen LogP contribution is -2.20. The van der Waals surface area contributed by atoms with Gasteiger partial charge in [0.15, 0.2) is 18.1 Å². The third-order valence-electron chi connectivity index (χ3n) is 5.92. The van der Waals surface area contributed by atoms with Gasteiger partial charge in [-0.2, -0.15) is 5.10 Å². The molecule has 37 heavy (non-hydrogen) atoms. The van der Waals surface area contributed by atoms with E-state index >= 15 is 0 Å². The number of anilines is 2. The van der Waals surface area contributed by atoms with Crippen molar-refractivity contribution < 1.29 is 19.1 Å². The molecule has 9 heteroatoms. The lowest BCUT2D eigenvalue weighted by molar-refractivity contribution is -0.118. The van der Waals surface area contributed by atoms with Crippen LogP contribution in [0.5, 0.6) is 11.5 Å². The van der Waals surface area contributed by atoms with Crippen LogP contribution < -0.4 is 25.1 Å². The number of amides is 2. The van der Waals surface area contributed by atoms with Gasteiger partial charge in [-0.1, -0.05) is 17.7 Å². The fraction of sp³-hybridized carbons (Fsp3) is 0.250. The molecular formula is C28H29BrN4O4. The number of nitrogens with one attached hydrogen (secondary N) is 2. The maximum absolute atomic E-state index is 12.5. The average molecular weight is 565 g/mol. The van der Waals surface area contributed by atoms with E-state index in [0.29, 0.717) is 32.8 Å². The van der Waals surface area contributed by atoms with Gasteiger partial charge in [-0.15, -0.1) is 0 Å². The van der Waals surface area contributed by atoms with Gasteiger partial charge in [-0.25, -0.2) is 5.43 Å². The van der Waals surface area contributed by atoms with Crippen LogP contribution >= 0.6 is 15.9 Å². The zero-order valence-electron chi connectivity index (χ0n) is 20.8. The number of methoxy groups -OCH3 is 1. The number of benzene rings is 3. The molecule has 1 aliphatic rings. The normalized spacial score (nSPS) is 13.0. The Balaban J connectivity index is 1.33. The molecule has 3 aromatic carbocycles. The van der Waals surface area contributed by atoms with Crippen molar-refractivity contribution in [2.24, 2.45) is 5.10 Å². The monoisotopic (exact) mass is 564 g/mol. The van der Waals surface area contributed by atoms with Gasteiger partial charge in [-0.3, -0.25) is 9.59 Å². The Bertz CT molecular complexity index is 1270. The average Bonchev–Trinajstić information content (AvgIpc) is 3.44. The van der Waals surface area contributed by atoms with Crippen molar-refractivity contribution in [3.8, 4) is 11.5 Å². The standard InChI is InChI=1S/C28H29BrN4O4/c1-19-5-9-22(10-6-19)31-26(34)18-37-27-24(29)15-20(16-25(27)36-2)17-30-32-28(35)21-7-11-23(12-8-21)33-13-3-4-14-33/h5-12,15-17H,3-4,13-14,18H2,1-2H3,(H,31,34)(H,32,35)/b30-17-. The molecule has 192 valence electrons. The Morgan fingerprint density at radius 2 is 1.76 bits per heavy atom. The van der Waals surface area contributed by atoms with E-state index in [0.717, 1.165) is 24.3 Å². The van der Waals surface area contributed by atoms with E-state index in [9.17, 15) is 9.59 Å². The molecule has 8 nitrogen and oxygen atoms in total. The molecule has 0 saturated carbocycles. The number of hydrogen-bond donors (Lipinski definition) is 2. The number of ether oxygens (including phenoxy) is 2. The van der Waals surface area contributed by atoms with Gasteiger partial charge >= 0.3 is 0 Å². The van der Waals surface area contributed by atoms with Crippen LogP contribution in [0.4, 0.5) is 11.4 Å². The van der Waals surface area contributed by atoms with Gasteiger partial charge in [-0.05, 0) is 89.8 Å². The quantitative estimate of drug-likeness (QED) is 0.277. The van der Waals surface area contributed by atoms with E-state index < -0.39 is 0 Å². The summed E-state index contributed by atoms with van der Waals surface area (Å²) in [6, 6.07) is 18.5. The van der Waals surface area contributed by atoms with Crippen molar-refractivity contribution in [1.82, 2.24) is 5.43 Å². The summed E-state index contributed by atoms with van der Waals surface area (Å²) in [5.74, 6) is 0.220.